The Morgan fingerprint density at radius 3 is 2.85 bits per heavy atom. The number of alkyl halides is 1. The van der Waals surface area contributed by atoms with E-state index in [1.165, 1.54) is 12.3 Å². The third-order valence-corrected chi connectivity index (χ3v) is 2.32. The average Bonchev–Trinajstić information content (AvgIpc) is 2.47. The quantitative estimate of drug-likeness (QED) is 0.661. The van der Waals surface area contributed by atoms with E-state index in [1.807, 2.05) is 0 Å². The third-order valence-electron chi connectivity index (χ3n) is 1.82. The molecule has 0 amide bonds. The van der Waals surface area contributed by atoms with E-state index >= 15 is 0 Å². The van der Waals surface area contributed by atoms with Gasteiger partial charge in [0.25, 0.3) is 0 Å². The summed E-state index contributed by atoms with van der Waals surface area (Å²) in [5.74, 6) is -0.175. The number of hydrogen-bond acceptors (Lipinski definition) is 1. The number of fused-ring (bicyclic) bond motifs is 1. The Balaban J connectivity index is 2.82. The summed E-state index contributed by atoms with van der Waals surface area (Å²) in [4.78, 5) is 0. The van der Waals surface area contributed by atoms with Crippen molar-refractivity contribution in [1.29, 1.82) is 0 Å². The zero-order valence-electron chi connectivity index (χ0n) is 6.48. The van der Waals surface area contributed by atoms with E-state index in [0.29, 0.717) is 10.4 Å². The van der Waals surface area contributed by atoms with Crippen LogP contribution in [-0.2, 0) is 5.88 Å². The maximum atomic E-state index is 13.2. The largest absolute Gasteiger partial charge is 0.461 e. The van der Waals surface area contributed by atoms with Crippen molar-refractivity contribution in [1.82, 2.24) is 0 Å². The summed E-state index contributed by atoms with van der Waals surface area (Å²) in [6.07, 6.45) is 1.44. The number of halogens is 3. The molecule has 0 atom stereocenters. The van der Waals surface area contributed by atoms with Gasteiger partial charge in [0.05, 0.1) is 12.1 Å². The first-order valence-corrected chi connectivity index (χ1v) is 4.54. The maximum absolute atomic E-state index is 13.2. The molecule has 1 aromatic carbocycles. The molecule has 0 aliphatic carbocycles. The van der Waals surface area contributed by atoms with Crippen LogP contribution in [0.5, 0.6) is 0 Å². The lowest BCUT2D eigenvalue weighted by Gasteiger charge is -1.94. The lowest BCUT2D eigenvalue weighted by molar-refractivity contribution is 0.559. The van der Waals surface area contributed by atoms with Crippen LogP contribution >= 0.6 is 23.2 Å². The summed E-state index contributed by atoms with van der Waals surface area (Å²) >= 11 is 11.3. The van der Waals surface area contributed by atoms with Crippen LogP contribution in [0.25, 0.3) is 11.0 Å². The highest BCUT2D eigenvalue weighted by molar-refractivity contribution is 6.31. The Bertz CT molecular complexity index is 450. The topological polar surface area (TPSA) is 13.1 Å². The zero-order valence-corrected chi connectivity index (χ0v) is 7.99. The van der Waals surface area contributed by atoms with E-state index < -0.39 is 5.82 Å². The Kier molecular flexibility index (Phi) is 2.18. The SMILES string of the molecule is Fc1cc(Cl)cc2c(CCl)coc12. The molecule has 0 spiro atoms. The van der Waals surface area contributed by atoms with Gasteiger partial charge in [-0.2, -0.15) is 0 Å². The van der Waals surface area contributed by atoms with Crippen molar-refractivity contribution in [2.75, 3.05) is 0 Å². The fraction of sp³-hybridized carbons (Fsp3) is 0.111. The van der Waals surface area contributed by atoms with Gasteiger partial charge < -0.3 is 4.42 Å². The summed E-state index contributed by atoms with van der Waals surface area (Å²) in [5.41, 5.74) is 0.957. The van der Waals surface area contributed by atoms with E-state index in [4.69, 9.17) is 27.6 Å². The minimum atomic E-state index is -0.459. The summed E-state index contributed by atoms with van der Waals surface area (Å²) in [7, 11) is 0. The molecule has 1 nitrogen and oxygen atoms in total. The highest BCUT2D eigenvalue weighted by Gasteiger charge is 2.10. The number of rotatable bonds is 1. The maximum Gasteiger partial charge on any atom is 0.169 e. The Morgan fingerprint density at radius 1 is 1.38 bits per heavy atom. The summed E-state index contributed by atoms with van der Waals surface area (Å²) in [5, 5.41) is 0.984. The first kappa shape index (κ1) is 8.85. The summed E-state index contributed by atoms with van der Waals surface area (Å²) in [6.45, 7) is 0. The van der Waals surface area contributed by atoms with Crippen molar-refractivity contribution in [3.05, 3.63) is 34.8 Å². The molecule has 1 aromatic heterocycles. The van der Waals surface area contributed by atoms with Crippen LogP contribution in [0.3, 0.4) is 0 Å². The van der Waals surface area contributed by atoms with Crippen molar-refractivity contribution in [3.8, 4) is 0 Å². The molecule has 13 heavy (non-hydrogen) atoms. The van der Waals surface area contributed by atoms with Crippen molar-refractivity contribution in [3.63, 3.8) is 0 Å². The second-order valence-corrected chi connectivity index (χ2v) is 3.36. The summed E-state index contributed by atoms with van der Waals surface area (Å²) < 4.78 is 18.2. The second-order valence-electron chi connectivity index (χ2n) is 2.66. The van der Waals surface area contributed by atoms with Crippen LogP contribution in [0.1, 0.15) is 5.56 Å². The van der Waals surface area contributed by atoms with Gasteiger partial charge in [0.2, 0.25) is 0 Å². The number of benzene rings is 1. The second kappa shape index (κ2) is 3.20. The van der Waals surface area contributed by atoms with E-state index in [-0.39, 0.29) is 11.5 Å². The van der Waals surface area contributed by atoms with Gasteiger partial charge in [0.15, 0.2) is 11.4 Å². The predicted octanol–water partition coefficient (Wildman–Crippen LogP) is 3.96. The van der Waals surface area contributed by atoms with Gasteiger partial charge in [0.1, 0.15) is 0 Å². The monoisotopic (exact) mass is 218 g/mol. The minimum absolute atomic E-state index is 0.208. The van der Waals surface area contributed by atoms with Gasteiger partial charge in [-0.15, -0.1) is 11.6 Å². The Hall–Kier alpha value is -0.730. The highest BCUT2D eigenvalue weighted by atomic mass is 35.5. The Labute approximate surface area is 84.0 Å². The molecular formula is C9H5Cl2FO. The number of furan rings is 1. The molecule has 0 radical (unpaired) electrons. The van der Waals surface area contributed by atoms with Crippen molar-refractivity contribution < 1.29 is 8.81 Å². The van der Waals surface area contributed by atoms with E-state index in [2.05, 4.69) is 0 Å². The molecule has 0 saturated carbocycles. The first-order valence-electron chi connectivity index (χ1n) is 3.63. The van der Waals surface area contributed by atoms with E-state index in [9.17, 15) is 4.39 Å². The van der Waals surface area contributed by atoms with Gasteiger partial charge >= 0.3 is 0 Å². The smallest absolute Gasteiger partial charge is 0.169 e. The van der Waals surface area contributed by atoms with Gasteiger partial charge in [-0.3, -0.25) is 0 Å². The first-order chi connectivity index (χ1) is 6.22. The lowest BCUT2D eigenvalue weighted by Crippen LogP contribution is -1.77. The highest BCUT2D eigenvalue weighted by Crippen LogP contribution is 2.28. The van der Waals surface area contributed by atoms with Gasteiger partial charge in [-0.1, -0.05) is 11.6 Å². The molecule has 0 aliphatic rings. The third kappa shape index (κ3) is 1.40. The fourth-order valence-electron chi connectivity index (χ4n) is 1.22. The van der Waals surface area contributed by atoms with Crippen LogP contribution in [0.15, 0.2) is 22.8 Å². The molecule has 0 unspecified atom stereocenters. The van der Waals surface area contributed by atoms with Gasteiger partial charge in [-0.05, 0) is 12.1 Å². The molecule has 0 saturated heterocycles. The van der Waals surface area contributed by atoms with E-state index in [1.54, 1.807) is 6.07 Å². The van der Waals surface area contributed by atoms with Crippen LogP contribution in [0.2, 0.25) is 5.02 Å². The van der Waals surface area contributed by atoms with Crippen LogP contribution in [0, 0.1) is 5.82 Å². The van der Waals surface area contributed by atoms with Crippen molar-refractivity contribution in [2.24, 2.45) is 0 Å². The van der Waals surface area contributed by atoms with Crippen LogP contribution in [0.4, 0.5) is 4.39 Å². The zero-order chi connectivity index (χ0) is 9.42. The average molecular weight is 219 g/mol. The fourth-order valence-corrected chi connectivity index (χ4v) is 1.63. The van der Waals surface area contributed by atoms with Crippen LogP contribution < -0.4 is 0 Å². The molecule has 4 heteroatoms. The molecular weight excluding hydrogens is 214 g/mol. The molecule has 1 heterocycles. The van der Waals surface area contributed by atoms with Gasteiger partial charge in [0, 0.05) is 16.0 Å². The summed E-state index contributed by atoms with van der Waals surface area (Å²) in [6, 6.07) is 2.85. The molecule has 0 bridgehead atoms. The normalized spacial score (nSPS) is 11.0. The van der Waals surface area contributed by atoms with Crippen molar-refractivity contribution >= 4 is 34.2 Å². The van der Waals surface area contributed by atoms with Gasteiger partial charge in [-0.25, -0.2) is 4.39 Å². The van der Waals surface area contributed by atoms with E-state index in [0.717, 1.165) is 5.56 Å². The lowest BCUT2D eigenvalue weighted by atomic mass is 10.2. The Morgan fingerprint density at radius 2 is 2.15 bits per heavy atom. The molecule has 0 fully saturated rings. The standard InChI is InChI=1S/C9H5Cl2FO/c10-3-5-4-13-9-7(5)1-6(11)2-8(9)12/h1-2,4H,3H2. The molecule has 68 valence electrons. The molecule has 0 aliphatic heterocycles. The predicted molar refractivity (Wildman–Crippen MR) is 50.7 cm³/mol. The van der Waals surface area contributed by atoms with Crippen LogP contribution in [-0.4, -0.2) is 0 Å². The molecule has 2 rings (SSSR count). The minimum Gasteiger partial charge on any atom is -0.461 e. The molecule has 2 aromatic rings. The number of hydrogen-bond donors (Lipinski definition) is 0. The molecule has 0 N–H and O–H groups in total. The van der Waals surface area contributed by atoms with Crippen molar-refractivity contribution in [2.45, 2.75) is 5.88 Å².